The van der Waals surface area contributed by atoms with Gasteiger partial charge < -0.3 is 10.6 Å². The Kier molecular flexibility index (Phi) is 5.83. The molecule has 0 bridgehead atoms. The minimum atomic E-state index is 0.366. The van der Waals surface area contributed by atoms with E-state index in [1.807, 2.05) is 12.1 Å². The first-order valence-electron chi connectivity index (χ1n) is 8.63. The molecule has 1 atom stereocenters. The van der Waals surface area contributed by atoms with E-state index in [9.17, 15) is 0 Å². The lowest BCUT2D eigenvalue weighted by atomic mass is 10.1. The van der Waals surface area contributed by atoms with Gasteiger partial charge >= 0.3 is 0 Å². The number of nitrogens with zero attached hydrogens (tertiary/aromatic N) is 1. The van der Waals surface area contributed by atoms with E-state index in [0.29, 0.717) is 11.2 Å². The van der Waals surface area contributed by atoms with Crippen LogP contribution >= 0.6 is 12.2 Å². The molecule has 0 radical (unpaired) electrons. The number of nitrogens with one attached hydrogen (secondary N) is 2. The molecule has 0 aromatic heterocycles. The Balaban J connectivity index is 1.63. The first-order valence-corrected chi connectivity index (χ1v) is 9.04. The molecule has 0 saturated carbocycles. The summed E-state index contributed by atoms with van der Waals surface area (Å²) >= 11 is 5.50. The van der Waals surface area contributed by atoms with Crippen LogP contribution in [-0.4, -0.2) is 29.6 Å². The molecule has 0 unspecified atom stereocenters. The molecule has 0 aliphatic carbocycles. The van der Waals surface area contributed by atoms with Gasteiger partial charge in [-0.3, -0.25) is 4.90 Å². The van der Waals surface area contributed by atoms with Gasteiger partial charge in [0.05, 0.1) is 6.04 Å². The Morgan fingerprint density at radius 2 is 1.71 bits per heavy atom. The largest absolute Gasteiger partial charge is 0.361 e. The van der Waals surface area contributed by atoms with E-state index in [4.69, 9.17) is 12.2 Å². The highest BCUT2D eigenvalue weighted by atomic mass is 32.1. The molecule has 2 aromatic rings. The number of aryl methyl sites for hydroxylation is 1. The third-order valence-electron chi connectivity index (χ3n) is 4.62. The zero-order valence-electron chi connectivity index (χ0n) is 14.2. The highest BCUT2D eigenvalue weighted by molar-refractivity contribution is 7.80. The van der Waals surface area contributed by atoms with Gasteiger partial charge in [-0.15, -0.1) is 0 Å². The number of benzene rings is 2. The van der Waals surface area contributed by atoms with Crippen LogP contribution in [-0.2, 0) is 0 Å². The van der Waals surface area contributed by atoms with Crippen molar-refractivity contribution in [2.45, 2.75) is 25.8 Å². The van der Waals surface area contributed by atoms with Crippen LogP contribution in [0.5, 0.6) is 0 Å². The number of hydrogen-bond acceptors (Lipinski definition) is 2. The fraction of sp³-hybridized carbons (Fsp3) is 0.350. The Morgan fingerprint density at radius 3 is 2.42 bits per heavy atom. The molecular weight excluding hydrogens is 314 g/mol. The summed E-state index contributed by atoms with van der Waals surface area (Å²) in [7, 11) is 0. The van der Waals surface area contributed by atoms with Crippen molar-refractivity contribution in [3.05, 3.63) is 65.7 Å². The third kappa shape index (κ3) is 4.34. The summed E-state index contributed by atoms with van der Waals surface area (Å²) < 4.78 is 0. The Hall–Kier alpha value is -1.91. The first kappa shape index (κ1) is 16.9. The van der Waals surface area contributed by atoms with Crippen molar-refractivity contribution >= 4 is 23.0 Å². The normalized spacial score (nSPS) is 15.9. The van der Waals surface area contributed by atoms with E-state index in [-0.39, 0.29) is 0 Å². The van der Waals surface area contributed by atoms with Gasteiger partial charge in [0.2, 0.25) is 0 Å². The first-order chi connectivity index (χ1) is 11.7. The molecule has 1 aliphatic rings. The molecule has 2 N–H and O–H groups in total. The van der Waals surface area contributed by atoms with Crippen molar-refractivity contribution in [2.24, 2.45) is 0 Å². The average molecular weight is 340 g/mol. The maximum atomic E-state index is 5.50. The van der Waals surface area contributed by atoms with Gasteiger partial charge in [0.15, 0.2) is 5.11 Å². The predicted octanol–water partition coefficient (Wildman–Crippen LogP) is 4.12. The van der Waals surface area contributed by atoms with E-state index >= 15 is 0 Å². The molecule has 1 heterocycles. The number of hydrogen-bond donors (Lipinski definition) is 2. The Labute approximate surface area is 150 Å². The van der Waals surface area contributed by atoms with Crippen LogP contribution in [0.2, 0.25) is 0 Å². The Bertz CT molecular complexity index is 666. The third-order valence-corrected chi connectivity index (χ3v) is 4.86. The van der Waals surface area contributed by atoms with Crippen molar-refractivity contribution < 1.29 is 0 Å². The van der Waals surface area contributed by atoms with E-state index in [0.717, 1.165) is 12.2 Å². The van der Waals surface area contributed by atoms with Crippen molar-refractivity contribution in [1.29, 1.82) is 0 Å². The molecule has 2 aromatic carbocycles. The summed E-state index contributed by atoms with van der Waals surface area (Å²) in [6, 6.07) is 19.3. The second kappa shape index (κ2) is 8.27. The molecule has 0 amide bonds. The standard InChI is InChI=1S/C20H25N3S/c1-16-9-5-6-12-18(16)22-20(24)21-15-19(23-13-7-8-14-23)17-10-3-2-4-11-17/h2-6,9-12,19H,7-8,13-15H2,1H3,(H2,21,22,24)/t19-/m0/s1. The average Bonchev–Trinajstić information content (AvgIpc) is 3.12. The summed E-state index contributed by atoms with van der Waals surface area (Å²) in [4.78, 5) is 2.55. The summed E-state index contributed by atoms with van der Waals surface area (Å²) in [6.45, 7) is 5.24. The predicted molar refractivity (Wildman–Crippen MR) is 105 cm³/mol. The summed E-state index contributed by atoms with van der Waals surface area (Å²) in [5, 5.41) is 7.41. The lowest BCUT2D eigenvalue weighted by Crippen LogP contribution is -2.38. The van der Waals surface area contributed by atoms with Gasteiger partial charge in [-0.1, -0.05) is 48.5 Å². The lowest BCUT2D eigenvalue weighted by molar-refractivity contribution is 0.246. The van der Waals surface area contributed by atoms with Crippen LogP contribution in [0.1, 0.15) is 30.0 Å². The molecule has 24 heavy (non-hydrogen) atoms. The minimum Gasteiger partial charge on any atom is -0.361 e. The number of anilines is 1. The van der Waals surface area contributed by atoms with E-state index in [1.165, 1.54) is 37.1 Å². The van der Waals surface area contributed by atoms with Crippen molar-refractivity contribution in [3.8, 4) is 0 Å². The highest BCUT2D eigenvalue weighted by Gasteiger charge is 2.23. The van der Waals surface area contributed by atoms with Gasteiger partial charge in [-0.2, -0.15) is 0 Å². The smallest absolute Gasteiger partial charge is 0.170 e. The van der Waals surface area contributed by atoms with E-state index in [2.05, 4.69) is 64.9 Å². The van der Waals surface area contributed by atoms with Gasteiger partial charge in [0.25, 0.3) is 0 Å². The molecule has 1 fully saturated rings. The van der Waals surface area contributed by atoms with Crippen molar-refractivity contribution in [2.75, 3.05) is 25.0 Å². The zero-order chi connectivity index (χ0) is 16.8. The topological polar surface area (TPSA) is 27.3 Å². The quantitative estimate of drug-likeness (QED) is 0.802. The van der Waals surface area contributed by atoms with Crippen LogP contribution in [0.15, 0.2) is 54.6 Å². The fourth-order valence-electron chi connectivity index (χ4n) is 3.26. The number of likely N-dealkylation sites (tertiary alicyclic amines) is 1. The molecule has 0 spiro atoms. The molecular formula is C20H25N3S. The highest BCUT2D eigenvalue weighted by Crippen LogP contribution is 2.24. The van der Waals surface area contributed by atoms with Gasteiger partial charge in [-0.05, 0) is 62.3 Å². The number of rotatable bonds is 5. The van der Waals surface area contributed by atoms with Gasteiger partial charge in [-0.25, -0.2) is 0 Å². The van der Waals surface area contributed by atoms with Crippen LogP contribution in [0, 0.1) is 6.92 Å². The summed E-state index contributed by atoms with van der Waals surface area (Å²) in [5.74, 6) is 0. The van der Waals surface area contributed by atoms with Crippen LogP contribution in [0.3, 0.4) is 0 Å². The molecule has 4 heteroatoms. The van der Waals surface area contributed by atoms with Gasteiger partial charge in [0.1, 0.15) is 0 Å². The summed E-state index contributed by atoms with van der Waals surface area (Å²) in [5.41, 5.74) is 3.61. The van der Waals surface area contributed by atoms with Crippen LogP contribution in [0.4, 0.5) is 5.69 Å². The number of para-hydroxylation sites is 1. The van der Waals surface area contributed by atoms with Crippen molar-refractivity contribution in [3.63, 3.8) is 0 Å². The second-order valence-corrected chi connectivity index (χ2v) is 6.73. The van der Waals surface area contributed by atoms with E-state index < -0.39 is 0 Å². The van der Waals surface area contributed by atoms with Crippen LogP contribution in [0.25, 0.3) is 0 Å². The maximum Gasteiger partial charge on any atom is 0.170 e. The number of thiocarbonyl (C=S) groups is 1. The molecule has 1 aliphatic heterocycles. The molecule has 3 nitrogen and oxygen atoms in total. The summed E-state index contributed by atoms with van der Waals surface area (Å²) in [6.07, 6.45) is 2.57. The second-order valence-electron chi connectivity index (χ2n) is 6.32. The zero-order valence-corrected chi connectivity index (χ0v) is 15.0. The van der Waals surface area contributed by atoms with Crippen molar-refractivity contribution in [1.82, 2.24) is 10.2 Å². The lowest BCUT2D eigenvalue weighted by Gasteiger charge is -2.28. The van der Waals surface area contributed by atoms with Gasteiger partial charge in [0, 0.05) is 12.2 Å². The fourth-order valence-corrected chi connectivity index (χ4v) is 3.45. The maximum absolute atomic E-state index is 5.50. The van der Waals surface area contributed by atoms with Crippen LogP contribution < -0.4 is 10.6 Å². The molecule has 1 saturated heterocycles. The molecule has 126 valence electrons. The SMILES string of the molecule is Cc1ccccc1NC(=S)NC[C@@H](c1ccccc1)N1CCCC1. The monoisotopic (exact) mass is 339 g/mol. The van der Waals surface area contributed by atoms with E-state index in [1.54, 1.807) is 0 Å². The minimum absolute atomic E-state index is 0.366. The molecule has 3 rings (SSSR count). The Morgan fingerprint density at radius 1 is 1.04 bits per heavy atom.